The van der Waals surface area contributed by atoms with Gasteiger partial charge in [-0.25, -0.2) is 9.59 Å². The first-order chi connectivity index (χ1) is 22.1. The molecule has 4 bridgehead atoms. The average Bonchev–Trinajstić information content (AvgIpc) is 3.73. The lowest BCUT2D eigenvalue weighted by Gasteiger charge is -2.42. The Balaban J connectivity index is 1.80. The first-order valence-corrected chi connectivity index (χ1v) is 15.9. The quantitative estimate of drug-likeness (QED) is 0.198. The van der Waals surface area contributed by atoms with Gasteiger partial charge < -0.3 is 39.3 Å². The lowest BCUT2D eigenvalue weighted by atomic mass is 9.81. The number of hydrogen-bond donors (Lipinski definition) is 4. The van der Waals surface area contributed by atoms with Crippen molar-refractivity contribution in [2.75, 3.05) is 25.6 Å². The van der Waals surface area contributed by atoms with Crippen LogP contribution in [0.3, 0.4) is 0 Å². The minimum absolute atomic E-state index is 0.0876. The fraction of sp³-hybridized carbons (Fsp3) is 0.576. The van der Waals surface area contributed by atoms with Gasteiger partial charge in [0.1, 0.15) is 23.9 Å². The smallest absolute Gasteiger partial charge is 0.409 e. The van der Waals surface area contributed by atoms with Crippen molar-refractivity contribution in [1.82, 2.24) is 10.2 Å². The van der Waals surface area contributed by atoms with Crippen molar-refractivity contribution in [3.8, 4) is 0 Å². The molecule has 0 spiro atoms. The van der Waals surface area contributed by atoms with E-state index in [0.29, 0.717) is 24.1 Å². The Morgan fingerprint density at radius 1 is 1.32 bits per heavy atom. The van der Waals surface area contributed by atoms with E-state index >= 15 is 0 Å². The number of esters is 1. The largest absolute Gasteiger partial charge is 0.457 e. The summed E-state index contributed by atoms with van der Waals surface area (Å²) in [4.78, 5) is 53.6. The highest BCUT2D eigenvalue weighted by molar-refractivity contribution is 6.34. The number of benzene rings is 1. The SMILES string of the molecule is C/C1=C\C=C\C(CO)C2(O)CC(OC(=O)N2)C(C)C2OC2(C)C(OC(=O)C(C)N(C)C=O)CC(=O)N(C)c2cc(cc(CO)c2Cl)C1. The number of carbonyl (C=O) groups excluding carboxylic acids is 4. The molecule has 13 nitrogen and oxygen atoms in total. The Morgan fingerprint density at radius 3 is 2.66 bits per heavy atom. The molecule has 4 N–H and O–H groups in total. The Labute approximate surface area is 279 Å². The first kappa shape index (κ1) is 36.3. The summed E-state index contributed by atoms with van der Waals surface area (Å²) in [6.45, 7) is 5.96. The average molecular weight is 678 g/mol. The molecule has 14 heteroatoms. The summed E-state index contributed by atoms with van der Waals surface area (Å²) in [6, 6.07) is 2.52. The van der Waals surface area contributed by atoms with Gasteiger partial charge in [0.15, 0.2) is 5.72 Å². The number of rotatable bonds is 6. The van der Waals surface area contributed by atoms with Crippen molar-refractivity contribution in [3.63, 3.8) is 0 Å². The van der Waals surface area contributed by atoms with Crippen molar-refractivity contribution in [2.24, 2.45) is 11.8 Å². The maximum absolute atomic E-state index is 13.9. The van der Waals surface area contributed by atoms with Crippen molar-refractivity contribution >= 4 is 41.7 Å². The highest BCUT2D eigenvalue weighted by Crippen LogP contribution is 2.49. The topological polar surface area (TPSA) is 178 Å². The van der Waals surface area contributed by atoms with Gasteiger partial charge in [0.05, 0.1) is 36.4 Å². The van der Waals surface area contributed by atoms with Gasteiger partial charge in [-0.3, -0.25) is 14.9 Å². The van der Waals surface area contributed by atoms with Crippen LogP contribution in [0.15, 0.2) is 35.9 Å². The summed E-state index contributed by atoms with van der Waals surface area (Å²) >= 11 is 6.65. The number of fused-ring (bicyclic) bond motifs is 5. The number of likely N-dealkylation sites (N-methyl/N-ethyl adjacent to an activating group) is 1. The molecule has 2 fully saturated rings. The predicted molar refractivity (Wildman–Crippen MR) is 171 cm³/mol. The normalized spacial score (nSPS) is 33.7. The zero-order valence-electron chi connectivity index (χ0n) is 27.4. The van der Waals surface area contributed by atoms with Gasteiger partial charge in [0.2, 0.25) is 12.3 Å². The molecular weight excluding hydrogens is 634 g/mol. The predicted octanol–water partition coefficient (Wildman–Crippen LogP) is 2.22. The standard InChI is InChI=1S/C33H44ClN3O10/c1-18-8-7-9-23(16-39)33(44)14-25(45-31(43)35-33)19(2)29-32(4,47-29)26(46-30(42)20(3)36(5)17-40)13-27(41)37(6)24-12-21(10-18)11-22(15-38)28(24)34/h7-9,11-12,17,19-20,23,25-26,29,38-39,44H,10,13-16H2,1-6H3,(H,35,43)/b9-7+,18-8+. The van der Waals surface area contributed by atoms with E-state index in [2.05, 4.69) is 5.32 Å². The molecule has 0 radical (unpaired) electrons. The third-order valence-corrected chi connectivity index (χ3v) is 9.97. The number of ether oxygens (including phenoxy) is 3. The number of halogens is 1. The van der Waals surface area contributed by atoms with Crippen LogP contribution >= 0.6 is 11.6 Å². The van der Waals surface area contributed by atoms with E-state index < -0.39 is 72.1 Å². The highest BCUT2D eigenvalue weighted by Gasteiger charge is 2.64. The van der Waals surface area contributed by atoms with E-state index in [4.69, 9.17) is 25.8 Å². The number of nitrogens with one attached hydrogen (secondary N) is 1. The lowest BCUT2D eigenvalue weighted by Crippen LogP contribution is -2.62. The zero-order chi connectivity index (χ0) is 34.8. The number of aliphatic hydroxyl groups is 3. The number of alkyl carbamates (subject to hydrolysis) is 1. The molecule has 3 heterocycles. The van der Waals surface area contributed by atoms with E-state index in [1.165, 1.54) is 25.9 Å². The van der Waals surface area contributed by atoms with E-state index in [0.717, 1.165) is 16.0 Å². The molecule has 2 saturated heterocycles. The highest BCUT2D eigenvalue weighted by atomic mass is 35.5. The lowest BCUT2D eigenvalue weighted by molar-refractivity contribution is -0.160. The van der Waals surface area contributed by atoms with Crippen molar-refractivity contribution in [2.45, 2.75) is 89.2 Å². The fourth-order valence-electron chi connectivity index (χ4n) is 6.19. The van der Waals surface area contributed by atoms with Crippen LogP contribution in [0.1, 0.15) is 51.7 Å². The zero-order valence-corrected chi connectivity index (χ0v) is 28.2. The van der Waals surface area contributed by atoms with Crippen molar-refractivity contribution < 1.29 is 48.7 Å². The molecule has 1 aromatic rings. The van der Waals surface area contributed by atoms with Gasteiger partial charge in [-0.2, -0.15) is 0 Å². The summed E-state index contributed by atoms with van der Waals surface area (Å²) in [5.41, 5.74) is -0.676. The third kappa shape index (κ3) is 7.65. The monoisotopic (exact) mass is 677 g/mol. The van der Waals surface area contributed by atoms with Crippen molar-refractivity contribution in [1.29, 1.82) is 0 Å². The van der Waals surface area contributed by atoms with Gasteiger partial charge in [0.25, 0.3) is 0 Å². The van der Waals surface area contributed by atoms with Gasteiger partial charge in [-0.15, -0.1) is 0 Å². The van der Waals surface area contributed by atoms with Crippen LogP contribution in [0.4, 0.5) is 10.5 Å². The van der Waals surface area contributed by atoms with Crippen molar-refractivity contribution in [3.05, 3.63) is 52.1 Å². The number of anilines is 1. The summed E-state index contributed by atoms with van der Waals surface area (Å²) < 4.78 is 17.6. The molecule has 8 unspecified atom stereocenters. The summed E-state index contributed by atoms with van der Waals surface area (Å²) in [6.07, 6.45) is 2.01. The maximum Gasteiger partial charge on any atom is 0.409 e. The Bertz CT molecular complexity index is 1450. The van der Waals surface area contributed by atoms with E-state index in [-0.39, 0.29) is 24.5 Å². The Hall–Kier alpha value is -3.49. The Kier molecular flexibility index (Phi) is 11.1. The molecule has 3 amide bonds. The Morgan fingerprint density at radius 2 is 2.02 bits per heavy atom. The number of allylic oxidation sites excluding steroid dienone is 3. The molecule has 4 rings (SSSR count). The van der Waals surface area contributed by atoms with Gasteiger partial charge in [-0.05, 0) is 44.4 Å². The third-order valence-electron chi connectivity index (χ3n) is 9.53. The van der Waals surface area contributed by atoms with Gasteiger partial charge in [0, 0.05) is 32.4 Å². The van der Waals surface area contributed by atoms with Gasteiger partial charge >= 0.3 is 12.1 Å². The number of hydrogen-bond acceptors (Lipinski definition) is 10. The van der Waals surface area contributed by atoms with Crippen LogP contribution in [0.25, 0.3) is 0 Å². The summed E-state index contributed by atoms with van der Waals surface area (Å²) in [5, 5.41) is 34.5. The van der Waals surface area contributed by atoms with Crippen LogP contribution in [-0.4, -0.2) is 101 Å². The second-order valence-corrected chi connectivity index (χ2v) is 13.3. The van der Waals surface area contributed by atoms with Gasteiger partial charge in [-0.1, -0.05) is 48.4 Å². The molecule has 0 saturated carbocycles. The molecule has 8 atom stereocenters. The first-order valence-electron chi connectivity index (χ1n) is 15.5. The minimum atomic E-state index is -1.85. The second kappa shape index (κ2) is 14.3. The van der Waals surface area contributed by atoms with E-state index in [1.54, 1.807) is 44.2 Å². The van der Waals surface area contributed by atoms with E-state index in [1.807, 2.05) is 6.92 Å². The van der Waals surface area contributed by atoms with Crippen LogP contribution < -0.4 is 10.2 Å². The molecule has 0 aliphatic carbocycles. The number of carbonyl (C=O) groups is 4. The number of aliphatic hydroxyl groups excluding tert-OH is 2. The second-order valence-electron chi connectivity index (χ2n) is 12.9. The van der Waals surface area contributed by atoms with E-state index in [9.17, 15) is 34.5 Å². The van der Waals surface area contributed by atoms with Crippen LogP contribution in [-0.2, 0) is 41.6 Å². The summed E-state index contributed by atoms with van der Waals surface area (Å²) in [7, 11) is 2.96. The van der Waals surface area contributed by atoms with Crippen LogP contribution in [0.5, 0.6) is 0 Å². The molecule has 3 aliphatic heterocycles. The molecule has 47 heavy (non-hydrogen) atoms. The molecule has 1 aromatic carbocycles. The van der Waals surface area contributed by atoms with Crippen LogP contribution in [0.2, 0.25) is 5.02 Å². The number of epoxide rings is 1. The molecule has 3 aliphatic rings. The molecular formula is C33H44ClN3O10. The number of nitrogens with zero attached hydrogens (tertiary/aromatic N) is 2. The van der Waals surface area contributed by atoms with Crippen LogP contribution in [0, 0.1) is 11.8 Å². The maximum atomic E-state index is 13.9. The summed E-state index contributed by atoms with van der Waals surface area (Å²) in [5.74, 6) is -2.66. The fourth-order valence-corrected chi connectivity index (χ4v) is 6.49. The minimum Gasteiger partial charge on any atom is -0.457 e. The molecule has 0 aromatic heterocycles. The number of amides is 3. The molecule has 258 valence electrons.